The zero-order valence-corrected chi connectivity index (χ0v) is 12.7. The van der Waals surface area contributed by atoms with Crippen LogP contribution in [0.3, 0.4) is 0 Å². The Morgan fingerprint density at radius 2 is 1.90 bits per heavy atom. The number of anilines is 1. The average molecular weight is 293 g/mol. The second-order valence-electron chi connectivity index (χ2n) is 4.91. The second-order valence-corrected chi connectivity index (χ2v) is 5.25. The van der Waals surface area contributed by atoms with Gasteiger partial charge in [0.1, 0.15) is 5.75 Å². The molecule has 0 aliphatic heterocycles. The molecule has 0 aliphatic carbocycles. The van der Waals surface area contributed by atoms with Crippen LogP contribution in [0.5, 0.6) is 11.8 Å². The molecule has 1 heterocycles. The summed E-state index contributed by atoms with van der Waals surface area (Å²) < 4.78 is 5.67. The fraction of sp³-hybridized carbons (Fsp3) is 0.357. The highest BCUT2D eigenvalue weighted by Crippen LogP contribution is 2.24. The maximum absolute atomic E-state index is 5.87. The number of aromatic nitrogens is 3. The van der Waals surface area contributed by atoms with Crippen molar-refractivity contribution in [3.63, 3.8) is 0 Å². The molecule has 0 saturated carbocycles. The van der Waals surface area contributed by atoms with Gasteiger partial charge >= 0.3 is 6.01 Å². The molecule has 0 fully saturated rings. The summed E-state index contributed by atoms with van der Waals surface area (Å²) in [4.78, 5) is 13.9. The third kappa shape index (κ3) is 3.57. The Morgan fingerprint density at radius 3 is 2.55 bits per heavy atom. The van der Waals surface area contributed by atoms with Crippen molar-refractivity contribution in [2.24, 2.45) is 0 Å². The largest absolute Gasteiger partial charge is 0.424 e. The van der Waals surface area contributed by atoms with Crippen molar-refractivity contribution in [3.05, 3.63) is 35.1 Å². The van der Waals surface area contributed by atoms with Gasteiger partial charge in [0.05, 0.1) is 0 Å². The number of benzene rings is 1. The Bertz CT molecular complexity index is 601. The first-order chi connectivity index (χ1) is 9.45. The van der Waals surface area contributed by atoms with Gasteiger partial charge in [0.25, 0.3) is 0 Å². The van der Waals surface area contributed by atoms with Gasteiger partial charge in [-0.25, -0.2) is 0 Å². The van der Waals surface area contributed by atoms with Crippen LogP contribution in [0, 0.1) is 0 Å². The fourth-order valence-corrected chi connectivity index (χ4v) is 1.76. The topological polar surface area (TPSA) is 51.1 Å². The summed E-state index contributed by atoms with van der Waals surface area (Å²) in [5.41, 5.74) is 1.19. The summed E-state index contributed by atoms with van der Waals surface area (Å²) in [7, 11) is 3.66. The molecule has 2 aromatic rings. The minimum atomic E-state index is 0.110. The summed E-state index contributed by atoms with van der Waals surface area (Å²) in [5, 5.41) is 0.110. The minimum Gasteiger partial charge on any atom is -0.424 e. The van der Waals surface area contributed by atoms with Gasteiger partial charge in [0.2, 0.25) is 11.2 Å². The van der Waals surface area contributed by atoms with E-state index in [-0.39, 0.29) is 11.3 Å². The van der Waals surface area contributed by atoms with E-state index in [1.165, 1.54) is 5.56 Å². The molecule has 1 aromatic heterocycles. The van der Waals surface area contributed by atoms with Crippen LogP contribution < -0.4 is 9.64 Å². The molecular weight excluding hydrogens is 276 g/mol. The van der Waals surface area contributed by atoms with E-state index in [0.717, 1.165) is 0 Å². The van der Waals surface area contributed by atoms with Gasteiger partial charge < -0.3 is 9.64 Å². The van der Waals surface area contributed by atoms with Gasteiger partial charge in [-0.1, -0.05) is 26.0 Å². The molecule has 0 bridgehead atoms. The monoisotopic (exact) mass is 292 g/mol. The number of halogens is 1. The molecule has 0 saturated heterocycles. The van der Waals surface area contributed by atoms with E-state index in [9.17, 15) is 0 Å². The maximum Gasteiger partial charge on any atom is 0.328 e. The molecule has 0 N–H and O–H groups in total. The zero-order chi connectivity index (χ0) is 14.7. The Labute approximate surface area is 123 Å². The first-order valence-corrected chi connectivity index (χ1v) is 6.70. The van der Waals surface area contributed by atoms with E-state index < -0.39 is 0 Å². The fourth-order valence-electron chi connectivity index (χ4n) is 1.61. The summed E-state index contributed by atoms with van der Waals surface area (Å²) in [6.07, 6.45) is 0. The highest BCUT2D eigenvalue weighted by molar-refractivity contribution is 6.28. The first-order valence-electron chi connectivity index (χ1n) is 6.32. The molecule has 0 atom stereocenters. The van der Waals surface area contributed by atoms with Gasteiger partial charge in [-0.2, -0.15) is 15.0 Å². The smallest absolute Gasteiger partial charge is 0.328 e. The van der Waals surface area contributed by atoms with Gasteiger partial charge in [-0.3, -0.25) is 0 Å². The Balaban J connectivity index is 2.27. The molecule has 5 nitrogen and oxygen atoms in total. The van der Waals surface area contributed by atoms with Gasteiger partial charge in [-0.15, -0.1) is 0 Å². The van der Waals surface area contributed by atoms with Crippen LogP contribution in [0.2, 0.25) is 5.28 Å². The predicted octanol–water partition coefficient (Wildman–Crippen LogP) is 3.51. The van der Waals surface area contributed by atoms with Gasteiger partial charge in [0.15, 0.2) is 0 Å². The zero-order valence-electron chi connectivity index (χ0n) is 12.0. The quantitative estimate of drug-likeness (QED) is 0.863. The van der Waals surface area contributed by atoms with Gasteiger partial charge in [0, 0.05) is 14.1 Å². The molecule has 6 heteroatoms. The van der Waals surface area contributed by atoms with Crippen molar-refractivity contribution in [3.8, 4) is 11.8 Å². The van der Waals surface area contributed by atoms with Crippen molar-refractivity contribution >= 4 is 17.5 Å². The van der Waals surface area contributed by atoms with Crippen LogP contribution in [0.4, 0.5) is 5.95 Å². The first kappa shape index (κ1) is 14.5. The normalized spacial score (nSPS) is 10.7. The Kier molecular flexibility index (Phi) is 4.39. The second kappa shape index (κ2) is 6.05. The number of ether oxygens (including phenoxy) is 1. The predicted molar refractivity (Wildman–Crippen MR) is 79.8 cm³/mol. The average Bonchev–Trinajstić information content (AvgIpc) is 2.38. The number of hydrogen-bond acceptors (Lipinski definition) is 5. The van der Waals surface area contributed by atoms with E-state index in [0.29, 0.717) is 17.6 Å². The van der Waals surface area contributed by atoms with E-state index in [1.807, 2.05) is 32.3 Å². The van der Waals surface area contributed by atoms with Crippen LogP contribution >= 0.6 is 11.6 Å². The molecule has 0 unspecified atom stereocenters. The van der Waals surface area contributed by atoms with Crippen LogP contribution in [0.25, 0.3) is 0 Å². The standard InChI is InChI=1S/C14H17ClN4O/c1-9(2)10-6-5-7-11(8-10)20-14-17-12(15)16-13(18-14)19(3)4/h5-9H,1-4H3. The summed E-state index contributed by atoms with van der Waals surface area (Å²) >= 11 is 5.87. The lowest BCUT2D eigenvalue weighted by Gasteiger charge is -2.12. The van der Waals surface area contributed by atoms with Crippen LogP contribution in [0.1, 0.15) is 25.3 Å². The number of hydrogen-bond donors (Lipinski definition) is 0. The molecule has 0 amide bonds. The van der Waals surface area contributed by atoms with E-state index in [2.05, 4.69) is 34.9 Å². The highest BCUT2D eigenvalue weighted by atomic mass is 35.5. The Hall–Kier alpha value is -1.88. The summed E-state index contributed by atoms with van der Waals surface area (Å²) in [5.74, 6) is 1.57. The SMILES string of the molecule is CC(C)c1cccc(Oc2nc(Cl)nc(N(C)C)n2)c1. The molecule has 2 rings (SSSR count). The van der Waals surface area contributed by atoms with Crippen molar-refractivity contribution < 1.29 is 4.74 Å². The van der Waals surface area contributed by atoms with Crippen molar-refractivity contribution in [2.45, 2.75) is 19.8 Å². The number of rotatable bonds is 4. The maximum atomic E-state index is 5.87. The minimum absolute atomic E-state index is 0.110. The van der Waals surface area contributed by atoms with Crippen molar-refractivity contribution in [1.82, 2.24) is 15.0 Å². The molecule has 106 valence electrons. The van der Waals surface area contributed by atoms with E-state index in [4.69, 9.17) is 16.3 Å². The molecule has 0 aliphatic rings. The molecule has 0 radical (unpaired) electrons. The van der Waals surface area contributed by atoms with Crippen molar-refractivity contribution in [1.29, 1.82) is 0 Å². The van der Waals surface area contributed by atoms with Gasteiger partial charge in [-0.05, 0) is 35.2 Å². The lowest BCUT2D eigenvalue weighted by atomic mass is 10.0. The summed E-state index contributed by atoms with van der Waals surface area (Å²) in [6, 6.07) is 8.02. The third-order valence-electron chi connectivity index (χ3n) is 2.71. The molecule has 0 spiro atoms. The number of nitrogens with zero attached hydrogens (tertiary/aromatic N) is 4. The van der Waals surface area contributed by atoms with Crippen LogP contribution in [0.15, 0.2) is 24.3 Å². The lowest BCUT2D eigenvalue weighted by Crippen LogP contribution is -2.13. The van der Waals surface area contributed by atoms with Crippen LogP contribution in [-0.4, -0.2) is 29.0 Å². The van der Waals surface area contributed by atoms with Crippen LogP contribution in [-0.2, 0) is 0 Å². The molecular formula is C14H17ClN4O. The summed E-state index contributed by atoms with van der Waals surface area (Å²) in [6.45, 7) is 4.26. The van der Waals surface area contributed by atoms with E-state index >= 15 is 0 Å². The molecule has 20 heavy (non-hydrogen) atoms. The third-order valence-corrected chi connectivity index (χ3v) is 2.88. The molecule has 1 aromatic carbocycles. The lowest BCUT2D eigenvalue weighted by molar-refractivity contribution is 0.439. The van der Waals surface area contributed by atoms with Crippen molar-refractivity contribution in [2.75, 3.05) is 19.0 Å². The highest BCUT2D eigenvalue weighted by Gasteiger charge is 2.09. The van der Waals surface area contributed by atoms with E-state index in [1.54, 1.807) is 4.90 Å². The Morgan fingerprint density at radius 1 is 1.15 bits per heavy atom.